The predicted molar refractivity (Wildman–Crippen MR) is 117 cm³/mol. The molecule has 2 aromatic rings. The maximum absolute atomic E-state index is 12.8. The molecule has 3 rings (SSSR count). The molecule has 1 amide bonds. The Hall–Kier alpha value is -2.85. The van der Waals surface area contributed by atoms with Gasteiger partial charge in [0.25, 0.3) is 0 Å². The molecular formula is C23H25N3O3S. The average Bonchev–Trinajstić information content (AvgIpc) is 2.70. The van der Waals surface area contributed by atoms with Gasteiger partial charge in [0.05, 0.1) is 24.1 Å². The maximum atomic E-state index is 12.8. The maximum Gasteiger partial charge on any atom is 0.234 e. The Balaban J connectivity index is 1.84. The zero-order chi connectivity index (χ0) is 21.9. The van der Waals surface area contributed by atoms with E-state index in [-0.39, 0.29) is 22.9 Å². The van der Waals surface area contributed by atoms with Crippen LogP contribution in [0.3, 0.4) is 0 Å². The number of fused-ring (bicyclic) bond motifs is 1. The summed E-state index contributed by atoms with van der Waals surface area (Å²) >= 11 is 1.22. The highest BCUT2D eigenvalue weighted by atomic mass is 32.2. The number of nitrogens with one attached hydrogen (secondary N) is 1. The molecule has 0 bridgehead atoms. The van der Waals surface area contributed by atoms with Gasteiger partial charge in [-0.25, -0.2) is 4.98 Å². The van der Waals surface area contributed by atoms with E-state index in [1.165, 1.54) is 11.8 Å². The van der Waals surface area contributed by atoms with E-state index < -0.39 is 0 Å². The zero-order valence-corrected chi connectivity index (χ0v) is 18.5. The van der Waals surface area contributed by atoms with Crippen molar-refractivity contribution in [2.45, 2.75) is 45.1 Å². The number of methoxy groups -OCH3 is 1. The number of benzene rings is 1. The monoisotopic (exact) mass is 423 g/mol. The summed E-state index contributed by atoms with van der Waals surface area (Å²) in [5.41, 5.74) is 2.98. The molecule has 0 atom stereocenters. The lowest BCUT2D eigenvalue weighted by molar-refractivity contribution is -0.113. The molecule has 7 heteroatoms. The first-order chi connectivity index (χ1) is 14.3. The Bertz CT molecular complexity index is 1040. The molecule has 1 aliphatic carbocycles. The van der Waals surface area contributed by atoms with Crippen LogP contribution in [0.4, 0.5) is 5.69 Å². The summed E-state index contributed by atoms with van der Waals surface area (Å²) < 4.78 is 5.17. The number of hydrogen-bond donors (Lipinski definition) is 1. The van der Waals surface area contributed by atoms with Crippen LogP contribution in [0.5, 0.6) is 5.75 Å². The molecule has 1 aromatic carbocycles. The third-order valence-electron chi connectivity index (χ3n) is 5.07. The fourth-order valence-electron chi connectivity index (χ4n) is 3.76. The number of anilines is 1. The van der Waals surface area contributed by atoms with Gasteiger partial charge in [0.15, 0.2) is 5.78 Å². The number of ether oxygens (including phenoxy) is 1. The normalized spacial score (nSPS) is 14.6. The summed E-state index contributed by atoms with van der Waals surface area (Å²) in [5, 5.41) is 13.1. The van der Waals surface area contributed by atoms with Crippen LogP contribution in [-0.2, 0) is 17.6 Å². The van der Waals surface area contributed by atoms with Crippen LogP contribution in [-0.4, -0.2) is 29.5 Å². The van der Waals surface area contributed by atoms with Crippen LogP contribution in [0, 0.1) is 16.7 Å². The van der Waals surface area contributed by atoms with Gasteiger partial charge in [0.2, 0.25) is 5.91 Å². The molecule has 0 spiro atoms. The van der Waals surface area contributed by atoms with Gasteiger partial charge in [0.1, 0.15) is 16.8 Å². The largest absolute Gasteiger partial charge is 0.497 e. The van der Waals surface area contributed by atoms with Crippen molar-refractivity contribution in [3.05, 3.63) is 46.6 Å². The predicted octanol–water partition coefficient (Wildman–Crippen LogP) is 4.41. The number of rotatable bonds is 6. The van der Waals surface area contributed by atoms with Crippen molar-refractivity contribution < 1.29 is 14.3 Å². The van der Waals surface area contributed by atoms with E-state index in [1.807, 2.05) is 20.8 Å². The zero-order valence-electron chi connectivity index (χ0n) is 17.7. The van der Waals surface area contributed by atoms with Gasteiger partial charge in [-0.15, -0.1) is 0 Å². The summed E-state index contributed by atoms with van der Waals surface area (Å²) in [5.74, 6) is 0.613. The van der Waals surface area contributed by atoms with E-state index in [0.29, 0.717) is 46.9 Å². The Morgan fingerprint density at radius 3 is 2.80 bits per heavy atom. The minimum atomic E-state index is -0.203. The number of aromatic nitrogens is 1. The van der Waals surface area contributed by atoms with Gasteiger partial charge in [-0.1, -0.05) is 38.6 Å². The quantitative estimate of drug-likeness (QED) is 0.692. The van der Waals surface area contributed by atoms with Crippen molar-refractivity contribution in [3.8, 4) is 11.8 Å². The first-order valence-corrected chi connectivity index (χ1v) is 10.8. The number of Topliss-reactive ketones (excluding diaryl/α,β-unsaturated/α-hetero) is 1. The third kappa shape index (κ3) is 4.65. The Morgan fingerprint density at radius 1 is 1.37 bits per heavy atom. The molecule has 1 aliphatic rings. The second-order valence-corrected chi connectivity index (χ2v) is 9.03. The molecule has 156 valence electrons. The number of carbonyl (C=O) groups is 2. The molecule has 0 fully saturated rings. The standard InChI is InChI=1S/C23H25N3O3S/c1-5-16-17(12-24)22(26-18-10-23(2,3)11-19(27)21(16)18)30-13-20(28)25-14-7-6-8-15(9-14)29-4/h6-9H,5,10-11,13H2,1-4H3,(H,25,28). The Labute approximate surface area is 181 Å². The van der Waals surface area contributed by atoms with Crippen LogP contribution < -0.4 is 10.1 Å². The molecular weight excluding hydrogens is 398 g/mol. The van der Waals surface area contributed by atoms with Gasteiger partial charge < -0.3 is 10.1 Å². The van der Waals surface area contributed by atoms with E-state index in [4.69, 9.17) is 4.74 Å². The van der Waals surface area contributed by atoms with E-state index in [1.54, 1.807) is 31.4 Å². The number of amides is 1. The number of nitriles is 1. The van der Waals surface area contributed by atoms with Crippen molar-refractivity contribution in [3.63, 3.8) is 0 Å². The number of ketones is 1. The van der Waals surface area contributed by atoms with Crippen LogP contribution in [0.25, 0.3) is 0 Å². The number of nitrogens with zero attached hydrogens (tertiary/aromatic N) is 2. The number of carbonyl (C=O) groups excluding carboxylic acids is 2. The highest BCUT2D eigenvalue weighted by molar-refractivity contribution is 8.00. The van der Waals surface area contributed by atoms with E-state index >= 15 is 0 Å². The molecule has 0 saturated carbocycles. The fourth-order valence-corrected chi connectivity index (χ4v) is 4.59. The van der Waals surface area contributed by atoms with E-state index in [9.17, 15) is 14.9 Å². The molecule has 1 aromatic heterocycles. The Kier molecular flexibility index (Phi) is 6.47. The second kappa shape index (κ2) is 8.88. The highest BCUT2D eigenvalue weighted by Gasteiger charge is 2.35. The molecule has 0 radical (unpaired) electrons. The lowest BCUT2D eigenvalue weighted by Crippen LogP contribution is -2.29. The summed E-state index contributed by atoms with van der Waals surface area (Å²) in [4.78, 5) is 29.9. The Morgan fingerprint density at radius 2 is 2.13 bits per heavy atom. The first-order valence-electron chi connectivity index (χ1n) is 9.83. The topological polar surface area (TPSA) is 92.1 Å². The number of thioether (sulfide) groups is 1. The highest BCUT2D eigenvalue weighted by Crippen LogP contribution is 2.38. The summed E-state index contributed by atoms with van der Waals surface area (Å²) in [7, 11) is 1.57. The van der Waals surface area contributed by atoms with Crippen molar-refractivity contribution >= 4 is 29.1 Å². The molecule has 0 unspecified atom stereocenters. The van der Waals surface area contributed by atoms with Crippen molar-refractivity contribution in [2.24, 2.45) is 5.41 Å². The fraction of sp³-hybridized carbons (Fsp3) is 0.391. The lowest BCUT2D eigenvalue weighted by Gasteiger charge is -2.31. The minimum absolute atomic E-state index is 0.0504. The summed E-state index contributed by atoms with van der Waals surface area (Å²) in [6.07, 6.45) is 1.70. The number of pyridine rings is 1. The third-order valence-corrected chi connectivity index (χ3v) is 6.04. The first kappa shape index (κ1) is 21.8. The van der Waals surface area contributed by atoms with Crippen LogP contribution in [0.1, 0.15) is 54.4 Å². The van der Waals surface area contributed by atoms with E-state index in [0.717, 1.165) is 11.3 Å². The smallest absolute Gasteiger partial charge is 0.234 e. The minimum Gasteiger partial charge on any atom is -0.497 e. The van der Waals surface area contributed by atoms with E-state index in [2.05, 4.69) is 16.4 Å². The van der Waals surface area contributed by atoms with Gasteiger partial charge in [-0.05, 0) is 36.0 Å². The SMILES string of the molecule is CCc1c(C#N)c(SCC(=O)Nc2cccc(OC)c2)nc2c1C(=O)CC(C)(C)C2. The molecule has 0 saturated heterocycles. The van der Waals surface area contributed by atoms with Crippen LogP contribution in [0.15, 0.2) is 29.3 Å². The molecule has 0 aliphatic heterocycles. The van der Waals surface area contributed by atoms with Crippen LogP contribution >= 0.6 is 11.8 Å². The summed E-state index contributed by atoms with van der Waals surface area (Å²) in [6.45, 7) is 6.04. The van der Waals surface area contributed by atoms with Crippen molar-refractivity contribution in [1.29, 1.82) is 5.26 Å². The molecule has 30 heavy (non-hydrogen) atoms. The van der Waals surface area contributed by atoms with Crippen molar-refractivity contribution in [2.75, 3.05) is 18.2 Å². The van der Waals surface area contributed by atoms with Gasteiger partial charge in [0, 0.05) is 23.7 Å². The van der Waals surface area contributed by atoms with Gasteiger partial charge >= 0.3 is 0 Å². The van der Waals surface area contributed by atoms with Gasteiger partial charge in [-0.3, -0.25) is 9.59 Å². The lowest BCUT2D eigenvalue weighted by atomic mass is 9.74. The molecule has 1 heterocycles. The number of hydrogen-bond acceptors (Lipinski definition) is 6. The van der Waals surface area contributed by atoms with Gasteiger partial charge in [-0.2, -0.15) is 5.26 Å². The molecule has 6 nitrogen and oxygen atoms in total. The summed E-state index contributed by atoms with van der Waals surface area (Å²) in [6, 6.07) is 9.33. The second-order valence-electron chi connectivity index (χ2n) is 8.07. The molecule has 1 N–H and O–H groups in total. The van der Waals surface area contributed by atoms with Crippen molar-refractivity contribution in [1.82, 2.24) is 4.98 Å². The van der Waals surface area contributed by atoms with Crippen LogP contribution in [0.2, 0.25) is 0 Å². The average molecular weight is 424 g/mol.